The van der Waals surface area contributed by atoms with Gasteiger partial charge in [0.1, 0.15) is 11.5 Å². The van der Waals surface area contributed by atoms with E-state index in [0.29, 0.717) is 18.8 Å². The molecule has 7 heteroatoms. The molecular weight excluding hydrogens is 329 g/mol. The van der Waals surface area contributed by atoms with E-state index in [4.69, 9.17) is 9.84 Å². The number of benzene rings is 1. The number of unbranched alkanes of at least 4 members (excludes halogenated alkanes) is 2. The second-order valence-corrected chi connectivity index (χ2v) is 4.63. The summed E-state index contributed by atoms with van der Waals surface area (Å²) in [6.45, 7) is 0.598. The first-order chi connectivity index (χ1) is 8.92. The highest BCUT2D eigenvalue weighted by Crippen LogP contribution is 2.33. The molecule has 0 aliphatic rings. The van der Waals surface area contributed by atoms with E-state index in [0.717, 1.165) is 12.8 Å². The molecule has 0 amide bonds. The fourth-order valence-corrected chi connectivity index (χ4v) is 1.80. The van der Waals surface area contributed by atoms with Crippen LogP contribution in [0.3, 0.4) is 0 Å². The topological polar surface area (TPSA) is 38.7 Å². The molecule has 0 radical (unpaired) electrons. The second-order valence-electron chi connectivity index (χ2n) is 3.77. The van der Waals surface area contributed by atoms with Crippen molar-refractivity contribution in [3.63, 3.8) is 0 Å². The number of hydrogen-bond donors (Lipinski definition) is 1. The third kappa shape index (κ3) is 6.68. The molecular formula is C12H14BrF3O3. The van der Waals surface area contributed by atoms with E-state index in [9.17, 15) is 13.2 Å². The Morgan fingerprint density at radius 3 is 2.47 bits per heavy atom. The van der Waals surface area contributed by atoms with Gasteiger partial charge in [-0.3, -0.25) is 0 Å². The Morgan fingerprint density at radius 1 is 1.16 bits per heavy atom. The van der Waals surface area contributed by atoms with Crippen LogP contribution in [0, 0.1) is 0 Å². The normalized spacial score (nSPS) is 11.4. The van der Waals surface area contributed by atoms with Crippen molar-refractivity contribution in [2.75, 3.05) is 13.2 Å². The molecule has 0 spiro atoms. The number of alkyl halides is 3. The van der Waals surface area contributed by atoms with Crippen molar-refractivity contribution in [2.45, 2.75) is 25.6 Å². The number of aliphatic hydroxyl groups is 1. The summed E-state index contributed by atoms with van der Waals surface area (Å²) in [6.07, 6.45) is -2.38. The van der Waals surface area contributed by atoms with Gasteiger partial charge in [-0.25, -0.2) is 0 Å². The van der Waals surface area contributed by atoms with Gasteiger partial charge in [0, 0.05) is 6.61 Å². The van der Waals surface area contributed by atoms with Gasteiger partial charge in [-0.2, -0.15) is 0 Å². The van der Waals surface area contributed by atoms with Gasteiger partial charge in [0.15, 0.2) is 0 Å². The van der Waals surface area contributed by atoms with E-state index in [2.05, 4.69) is 20.7 Å². The van der Waals surface area contributed by atoms with Gasteiger partial charge in [-0.1, -0.05) is 0 Å². The van der Waals surface area contributed by atoms with Gasteiger partial charge < -0.3 is 14.6 Å². The van der Waals surface area contributed by atoms with Gasteiger partial charge in [0.05, 0.1) is 11.1 Å². The zero-order valence-corrected chi connectivity index (χ0v) is 11.6. The van der Waals surface area contributed by atoms with Crippen LogP contribution in [0.5, 0.6) is 11.5 Å². The average Bonchev–Trinajstić information content (AvgIpc) is 2.31. The first kappa shape index (κ1) is 16.1. The van der Waals surface area contributed by atoms with E-state index in [-0.39, 0.29) is 16.8 Å². The van der Waals surface area contributed by atoms with Crippen LogP contribution in [0.4, 0.5) is 13.2 Å². The number of ether oxygens (including phenoxy) is 2. The maximum Gasteiger partial charge on any atom is 0.573 e. The number of hydrogen-bond acceptors (Lipinski definition) is 3. The zero-order chi connectivity index (χ0) is 14.3. The lowest BCUT2D eigenvalue weighted by Gasteiger charge is -2.12. The molecule has 3 nitrogen and oxygen atoms in total. The molecule has 0 unspecified atom stereocenters. The van der Waals surface area contributed by atoms with Crippen molar-refractivity contribution >= 4 is 15.9 Å². The molecule has 0 fully saturated rings. The van der Waals surface area contributed by atoms with Gasteiger partial charge in [0.25, 0.3) is 0 Å². The first-order valence-corrected chi connectivity index (χ1v) is 6.50. The summed E-state index contributed by atoms with van der Waals surface area (Å²) < 4.78 is 45.5. The molecule has 0 heterocycles. The van der Waals surface area contributed by atoms with Crippen LogP contribution in [-0.4, -0.2) is 24.7 Å². The predicted octanol–water partition coefficient (Wildman–Crippen LogP) is 3.89. The van der Waals surface area contributed by atoms with Gasteiger partial charge in [-0.05, 0) is 53.4 Å². The Hall–Kier alpha value is -0.950. The van der Waals surface area contributed by atoms with E-state index >= 15 is 0 Å². The SMILES string of the molecule is OCCCCCOc1ccc(OC(F)(F)F)c(Br)c1. The summed E-state index contributed by atoms with van der Waals surface area (Å²) in [5.74, 6) is 0.158. The van der Waals surface area contributed by atoms with Crippen LogP contribution in [0.1, 0.15) is 19.3 Å². The van der Waals surface area contributed by atoms with Crippen molar-refractivity contribution in [2.24, 2.45) is 0 Å². The smallest absolute Gasteiger partial charge is 0.494 e. The number of aliphatic hydroxyl groups excluding tert-OH is 1. The Balaban J connectivity index is 2.47. The first-order valence-electron chi connectivity index (χ1n) is 5.71. The van der Waals surface area contributed by atoms with E-state index < -0.39 is 6.36 Å². The van der Waals surface area contributed by atoms with Crippen LogP contribution < -0.4 is 9.47 Å². The molecule has 19 heavy (non-hydrogen) atoms. The van der Waals surface area contributed by atoms with Crippen LogP contribution in [-0.2, 0) is 0 Å². The predicted molar refractivity (Wildman–Crippen MR) is 67.3 cm³/mol. The highest BCUT2D eigenvalue weighted by Gasteiger charge is 2.31. The number of halogens is 4. The third-order valence-corrected chi connectivity index (χ3v) is 2.82. The average molecular weight is 343 g/mol. The van der Waals surface area contributed by atoms with Gasteiger partial charge >= 0.3 is 6.36 Å². The highest BCUT2D eigenvalue weighted by atomic mass is 79.9. The summed E-state index contributed by atoms with van der Waals surface area (Å²) in [7, 11) is 0. The Kier molecular flexibility index (Phi) is 6.44. The van der Waals surface area contributed by atoms with Crippen LogP contribution >= 0.6 is 15.9 Å². The molecule has 108 valence electrons. The monoisotopic (exact) mass is 342 g/mol. The molecule has 0 aliphatic carbocycles. The highest BCUT2D eigenvalue weighted by molar-refractivity contribution is 9.10. The van der Waals surface area contributed by atoms with Crippen molar-refractivity contribution in [3.05, 3.63) is 22.7 Å². The van der Waals surface area contributed by atoms with Crippen LogP contribution in [0.25, 0.3) is 0 Å². The molecule has 0 saturated carbocycles. The van der Waals surface area contributed by atoms with E-state index in [1.165, 1.54) is 18.2 Å². The Labute approximate surface area is 117 Å². The van der Waals surface area contributed by atoms with Gasteiger partial charge in [-0.15, -0.1) is 13.2 Å². The molecule has 1 aromatic carbocycles. The summed E-state index contributed by atoms with van der Waals surface area (Å²) in [5.41, 5.74) is 0. The molecule has 0 bridgehead atoms. The van der Waals surface area contributed by atoms with Crippen molar-refractivity contribution in [1.82, 2.24) is 0 Å². The lowest BCUT2D eigenvalue weighted by atomic mass is 10.2. The summed E-state index contributed by atoms with van der Waals surface area (Å²) >= 11 is 3.00. The maximum absolute atomic E-state index is 12.0. The number of rotatable bonds is 7. The van der Waals surface area contributed by atoms with Crippen molar-refractivity contribution in [1.29, 1.82) is 0 Å². The molecule has 1 rings (SSSR count). The Morgan fingerprint density at radius 2 is 1.89 bits per heavy atom. The van der Waals surface area contributed by atoms with Crippen molar-refractivity contribution in [3.8, 4) is 11.5 Å². The summed E-state index contributed by atoms with van der Waals surface area (Å²) in [6, 6.07) is 4.03. The summed E-state index contributed by atoms with van der Waals surface area (Å²) in [4.78, 5) is 0. The summed E-state index contributed by atoms with van der Waals surface area (Å²) in [5, 5.41) is 8.59. The zero-order valence-electron chi connectivity index (χ0n) is 10.0. The third-order valence-electron chi connectivity index (χ3n) is 2.20. The minimum atomic E-state index is -4.71. The maximum atomic E-state index is 12.0. The van der Waals surface area contributed by atoms with E-state index in [1.54, 1.807) is 0 Å². The molecule has 1 aromatic rings. The van der Waals surface area contributed by atoms with E-state index in [1.807, 2.05) is 0 Å². The molecule has 0 atom stereocenters. The quantitative estimate of drug-likeness (QED) is 0.764. The van der Waals surface area contributed by atoms with Crippen LogP contribution in [0.2, 0.25) is 0 Å². The molecule has 0 saturated heterocycles. The van der Waals surface area contributed by atoms with Crippen molar-refractivity contribution < 1.29 is 27.8 Å². The largest absolute Gasteiger partial charge is 0.573 e. The minimum Gasteiger partial charge on any atom is -0.494 e. The van der Waals surface area contributed by atoms with Gasteiger partial charge in [0.2, 0.25) is 0 Å². The lowest BCUT2D eigenvalue weighted by Crippen LogP contribution is -2.17. The van der Waals surface area contributed by atoms with Crippen LogP contribution in [0.15, 0.2) is 22.7 Å². The fourth-order valence-electron chi connectivity index (χ4n) is 1.36. The molecule has 0 aliphatic heterocycles. The standard InChI is InChI=1S/C12H14BrF3O3/c13-10-8-9(18-7-3-1-2-6-17)4-5-11(10)19-12(14,15)16/h4-5,8,17H,1-3,6-7H2. The fraction of sp³-hybridized carbons (Fsp3) is 0.500. The molecule has 1 N–H and O–H groups in total. The lowest BCUT2D eigenvalue weighted by molar-refractivity contribution is -0.274. The Bertz CT molecular complexity index is 396. The molecule has 0 aromatic heterocycles. The second kappa shape index (κ2) is 7.59. The minimum absolute atomic E-state index is 0.148.